The maximum absolute atomic E-state index is 12.0. The van der Waals surface area contributed by atoms with E-state index in [9.17, 15) is 4.79 Å². The molecule has 0 spiro atoms. The third kappa shape index (κ3) is 2.75. The highest BCUT2D eigenvalue weighted by Crippen LogP contribution is 2.14. The summed E-state index contributed by atoms with van der Waals surface area (Å²) in [4.78, 5) is 12.0. The molecule has 0 saturated heterocycles. The van der Waals surface area contributed by atoms with Crippen molar-refractivity contribution in [1.29, 1.82) is 5.26 Å². The molecule has 1 rings (SSSR count). The maximum Gasteiger partial charge on any atom is 0.268 e. The van der Waals surface area contributed by atoms with Gasteiger partial charge >= 0.3 is 0 Å². The van der Waals surface area contributed by atoms with Gasteiger partial charge in [-0.05, 0) is 31.9 Å². The van der Waals surface area contributed by atoms with Crippen molar-refractivity contribution in [3.05, 3.63) is 33.7 Å². The molecule has 4 nitrogen and oxygen atoms in total. The number of aryl methyl sites for hydroxylation is 1. The monoisotopic (exact) mass is 233 g/mol. The number of aromatic nitrogens is 1. The smallest absolute Gasteiger partial charge is 0.268 e. The van der Waals surface area contributed by atoms with Gasteiger partial charge < -0.3 is 10.3 Å². The Bertz CT molecular complexity index is 492. The summed E-state index contributed by atoms with van der Waals surface area (Å²) < 4.78 is 1.60. The number of hydrogen-bond acceptors (Lipinski definition) is 3. The molecule has 92 valence electrons. The molecular formula is C13H19N3O. The first kappa shape index (κ1) is 13.5. The first-order valence-electron chi connectivity index (χ1n) is 5.87. The highest BCUT2D eigenvalue weighted by atomic mass is 16.1. The van der Waals surface area contributed by atoms with Gasteiger partial charge in [0.25, 0.3) is 5.56 Å². The Morgan fingerprint density at radius 3 is 2.47 bits per heavy atom. The summed E-state index contributed by atoms with van der Waals surface area (Å²) in [7, 11) is 0. The van der Waals surface area contributed by atoms with Crippen LogP contribution >= 0.6 is 0 Å². The lowest BCUT2D eigenvalue weighted by Crippen LogP contribution is -2.45. The Hall–Kier alpha value is -1.60. The van der Waals surface area contributed by atoms with Gasteiger partial charge in [0.2, 0.25) is 0 Å². The van der Waals surface area contributed by atoms with E-state index in [0.717, 1.165) is 18.5 Å². The van der Waals surface area contributed by atoms with E-state index >= 15 is 0 Å². The van der Waals surface area contributed by atoms with Crippen LogP contribution in [0.1, 0.15) is 37.9 Å². The average Bonchev–Trinajstić information content (AvgIpc) is 2.34. The molecule has 4 heteroatoms. The molecule has 0 atom stereocenters. The molecule has 0 bridgehead atoms. The highest BCUT2D eigenvalue weighted by molar-refractivity contribution is 5.27. The standard InChI is InChI=1S/C13H19N3O/c1-4-13(15,5-2)9-16-10(3)6-7-11(8-14)12(16)17/h6-7H,4-5,9,15H2,1-3H3. The van der Waals surface area contributed by atoms with Gasteiger partial charge in [-0.15, -0.1) is 0 Å². The van der Waals surface area contributed by atoms with Crippen LogP contribution in [0.3, 0.4) is 0 Å². The van der Waals surface area contributed by atoms with E-state index in [1.165, 1.54) is 0 Å². The molecule has 0 aliphatic rings. The summed E-state index contributed by atoms with van der Waals surface area (Å²) in [6, 6.07) is 5.25. The molecule has 2 N–H and O–H groups in total. The molecule has 17 heavy (non-hydrogen) atoms. The Balaban J connectivity index is 3.24. The van der Waals surface area contributed by atoms with Crippen molar-refractivity contribution in [3.8, 4) is 6.07 Å². The molecule has 0 fully saturated rings. The molecule has 1 aromatic heterocycles. The molecule has 0 saturated carbocycles. The topological polar surface area (TPSA) is 71.8 Å². The molecule has 0 radical (unpaired) electrons. The van der Waals surface area contributed by atoms with E-state index < -0.39 is 0 Å². The van der Waals surface area contributed by atoms with Crippen LogP contribution in [0, 0.1) is 18.3 Å². The normalized spacial score (nSPS) is 11.2. The van der Waals surface area contributed by atoms with Crippen LogP contribution in [-0.2, 0) is 6.54 Å². The lowest BCUT2D eigenvalue weighted by Gasteiger charge is -2.28. The van der Waals surface area contributed by atoms with Crippen molar-refractivity contribution in [1.82, 2.24) is 4.57 Å². The fourth-order valence-electron chi connectivity index (χ4n) is 1.74. The lowest BCUT2D eigenvalue weighted by molar-refractivity contribution is 0.332. The first-order chi connectivity index (χ1) is 7.97. The molecular weight excluding hydrogens is 214 g/mol. The fourth-order valence-corrected chi connectivity index (χ4v) is 1.74. The van der Waals surface area contributed by atoms with Crippen LogP contribution in [0.2, 0.25) is 0 Å². The largest absolute Gasteiger partial charge is 0.324 e. The van der Waals surface area contributed by atoms with Crippen LogP contribution in [-0.4, -0.2) is 10.1 Å². The number of nitriles is 1. The van der Waals surface area contributed by atoms with Gasteiger partial charge in [0, 0.05) is 17.8 Å². The molecule has 0 aromatic carbocycles. The molecule has 0 unspecified atom stereocenters. The van der Waals surface area contributed by atoms with Crippen molar-refractivity contribution in [3.63, 3.8) is 0 Å². The van der Waals surface area contributed by atoms with E-state index in [1.807, 2.05) is 26.8 Å². The molecule has 0 amide bonds. The fraction of sp³-hybridized carbons (Fsp3) is 0.538. The van der Waals surface area contributed by atoms with Crippen molar-refractivity contribution in [2.24, 2.45) is 5.73 Å². The second-order valence-corrected chi connectivity index (χ2v) is 4.46. The Kier molecular flexibility index (Phi) is 4.08. The summed E-state index contributed by atoms with van der Waals surface area (Å²) >= 11 is 0. The summed E-state index contributed by atoms with van der Waals surface area (Å²) in [6.07, 6.45) is 1.60. The van der Waals surface area contributed by atoms with Crippen LogP contribution in [0.5, 0.6) is 0 Å². The highest BCUT2D eigenvalue weighted by Gasteiger charge is 2.22. The Morgan fingerprint density at radius 2 is 2.00 bits per heavy atom. The van der Waals surface area contributed by atoms with Gasteiger partial charge in [0.05, 0.1) is 0 Å². The van der Waals surface area contributed by atoms with Gasteiger partial charge in [0.15, 0.2) is 0 Å². The summed E-state index contributed by atoms with van der Waals surface area (Å²) in [5, 5.41) is 8.85. The Labute approximate surface area is 102 Å². The van der Waals surface area contributed by atoms with E-state index in [1.54, 1.807) is 16.7 Å². The minimum Gasteiger partial charge on any atom is -0.324 e. The second kappa shape index (κ2) is 5.15. The zero-order valence-corrected chi connectivity index (χ0v) is 10.7. The zero-order chi connectivity index (χ0) is 13.1. The number of pyridine rings is 1. The van der Waals surface area contributed by atoms with Crippen LogP contribution in [0.25, 0.3) is 0 Å². The van der Waals surface area contributed by atoms with Crippen molar-refractivity contribution >= 4 is 0 Å². The van der Waals surface area contributed by atoms with Crippen LogP contribution in [0.15, 0.2) is 16.9 Å². The van der Waals surface area contributed by atoms with E-state index in [4.69, 9.17) is 11.0 Å². The molecule has 1 heterocycles. The lowest BCUT2D eigenvalue weighted by atomic mass is 9.94. The van der Waals surface area contributed by atoms with Gasteiger partial charge in [0.1, 0.15) is 11.6 Å². The maximum atomic E-state index is 12.0. The third-order valence-corrected chi connectivity index (χ3v) is 3.39. The van der Waals surface area contributed by atoms with Crippen molar-refractivity contribution in [2.45, 2.75) is 45.7 Å². The summed E-state index contributed by atoms with van der Waals surface area (Å²) in [5.74, 6) is 0. The van der Waals surface area contributed by atoms with Gasteiger partial charge in [-0.3, -0.25) is 4.79 Å². The third-order valence-electron chi connectivity index (χ3n) is 3.39. The minimum absolute atomic E-state index is 0.171. The summed E-state index contributed by atoms with van der Waals surface area (Å²) in [6.45, 7) is 6.34. The predicted octanol–water partition coefficient (Wildman–Crippen LogP) is 1.55. The predicted molar refractivity (Wildman–Crippen MR) is 67.7 cm³/mol. The number of nitrogens with zero attached hydrogens (tertiary/aromatic N) is 2. The minimum atomic E-state index is -0.386. The SMILES string of the molecule is CCC(N)(CC)Cn1c(C)ccc(C#N)c1=O. The second-order valence-electron chi connectivity index (χ2n) is 4.46. The molecule has 1 aromatic rings. The molecule has 0 aliphatic heterocycles. The Morgan fingerprint density at radius 1 is 1.41 bits per heavy atom. The van der Waals surface area contributed by atoms with Crippen molar-refractivity contribution in [2.75, 3.05) is 0 Å². The first-order valence-corrected chi connectivity index (χ1v) is 5.87. The van der Waals surface area contributed by atoms with Crippen molar-refractivity contribution < 1.29 is 0 Å². The van der Waals surface area contributed by atoms with E-state index in [2.05, 4.69) is 0 Å². The number of rotatable bonds is 4. The van der Waals surface area contributed by atoms with Gasteiger partial charge in [-0.1, -0.05) is 13.8 Å². The van der Waals surface area contributed by atoms with Crippen LogP contribution in [0.4, 0.5) is 0 Å². The number of hydrogen-bond donors (Lipinski definition) is 1. The van der Waals surface area contributed by atoms with E-state index in [0.29, 0.717) is 6.54 Å². The average molecular weight is 233 g/mol. The zero-order valence-electron chi connectivity index (χ0n) is 10.7. The quantitative estimate of drug-likeness (QED) is 0.857. The number of nitrogens with two attached hydrogens (primary N) is 1. The van der Waals surface area contributed by atoms with Gasteiger partial charge in [-0.2, -0.15) is 5.26 Å². The molecule has 0 aliphatic carbocycles. The summed E-state index contributed by atoms with van der Waals surface area (Å²) in [5.41, 5.74) is 6.59. The van der Waals surface area contributed by atoms with Gasteiger partial charge in [-0.25, -0.2) is 0 Å². The van der Waals surface area contributed by atoms with E-state index in [-0.39, 0.29) is 16.7 Å². The van der Waals surface area contributed by atoms with Crippen LogP contribution < -0.4 is 11.3 Å².